The molecule has 2 aromatic rings. The van der Waals surface area contributed by atoms with E-state index in [2.05, 4.69) is 10.1 Å². The molecule has 1 heterocycles. The Balaban J connectivity index is 2.10. The monoisotopic (exact) mass is 222 g/mol. The summed E-state index contributed by atoms with van der Waals surface area (Å²) in [4.78, 5) is 4.03. The molecule has 0 fully saturated rings. The lowest BCUT2D eigenvalue weighted by Crippen LogP contribution is -2.03. The third-order valence-electron chi connectivity index (χ3n) is 2.00. The van der Waals surface area contributed by atoms with Gasteiger partial charge in [0, 0.05) is 6.07 Å². The van der Waals surface area contributed by atoms with Gasteiger partial charge in [-0.15, -0.1) is 0 Å². The van der Waals surface area contributed by atoms with E-state index in [4.69, 9.17) is 9.26 Å². The largest absolute Gasteiger partial charge is 0.481 e. The molecule has 0 radical (unpaired) electrons. The smallest absolute Gasteiger partial charge is 0.267 e. The fraction of sp³-hybridized carbons (Fsp3) is 0.273. The molecule has 1 atom stereocenters. The molecule has 1 aromatic carbocycles. The Morgan fingerprint density at radius 2 is 2.25 bits per heavy atom. The number of nitrogens with zero attached hydrogens (tertiary/aromatic N) is 2. The zero-order chi connectivity index (χ0) is 11.5. The van der Waals surface area contributed by atoms with Gasteiger partial charge in [0.05, 0.1) is 0 Å². The number of ether oxygens (including phenoxy) is 1. The van der Waals surface area contributed by atoms with E-state index in [-0.39, 0.29) is 5.82 Å². The quantitative estimate of drug-likeness (QED) is 0.801. The number of hydrogen-bond donors (Lipinski definition) is 0. The van der Waals surface area contributed by atoms with Crippen molar-refractivity contribution in [3.05, 3.63) is 41.8 Å². The molecule has 2 rings (SSSR count). The molecule has 0 spiro atoms. The van der Waals surface area contributed by atoms with E-state index in [1.165, 1.54) is 12.1 Å². The summed E-state index contributed by atoms with van der Waals surface area (Å²) in [6, 6.07) is 5.91. The van der Waals surface area contributed by atoms with Gasteiger partial charge in [0.1, 0.15) is 11.6 Å². The second-order valence-electron chi connectivity index (χ2n) is 3.40. The van der Waals surface area contributed by atoms with Crippen LogP contribution in [0, 0.1) is 12.7 Å². The molecule has 0 saturated carbocycles. The average Bonchev–Trinajstić information content (AvgIpc) is 2.65. The summed E-state index contributed by atoms with van der Waals surface area (Å²) in [6.45, 7) is 3.49. The highest BCUT2D eigenvalue weighted by Crippen LogP contribution is 2.20. The topological polar surface area (TPSA) is 48.2 Å². The maximum atomic E-state index is 12.9. The van der Waals surface area contributed by atoms with Gasteiger partial charge in [0.25, 0.3) is 5.89 Å². The summed E-state index contributed by atoms with van der Waals surface area (Å²) in [6.07, 6.45) is -0.400. The van der Waals surface area contributed by atoms with E-state index < -0.39 is 6.10 Å². The minimum absolute atomic E-state index is 0.341. The molecule has 4 nitrogen and oxygen atoms in total. The summed E-state index contributed by atoms with van der Waals surface area (Å²) < 4.78 is 23.3. The Morgan fingerprint density at radius 3 is 2.88 bits per heavy atom. The first kappa shape index (κ1) is 10.6. The van der Waals surface area contributed by atoms with Gasteiger partial charge in [-0.05, 0) is 26.0 Å². The number of hydrogen-bond acceptors (Lipinski definition) is 4. The molecule has 0 aliphatic rings. The standard InChI is InChI=1S/C11H11FN2O2/c1-7(11-13-8(2)14-16-11)15-10-5-3-4-9(12)6-10/h3-7H,1-2H3/t7-/m0/s1. The fourth-order valence-electron chi connectivity index (χ4n) is 1.27. The van der Waals surface area contributed by atoms with Crippen LogP contribution in [0.25, 0.3) is 0 Å². The van der Waals surface area contributed by atoms with Crippen LogP contribution in [0.5, 0.6) is 5.75 Å². The molecule has 16 heavy (non-hydrogen) atoms. The molecule has 0 aliphatic heterocycles. The molecule has 0 saturated heterocycles. The van der Waals surface area contributed by atoms with Crippen molar-refractivity contribution in [1.29, 1.82) is 0 Å². The van der Waals surface area contributed by atoms with E-state index in [1.54, 1.807) is 26.0 Å². The minimum Gasteiger partial charge on any atom is -0.481 e. The highest BCUT2D eigenvalue weighted by molar-refractivity contribution is 5.22. The van der Waals surface area contributed by atoms with Gasteiger partial charge in [-0.2, -0.15) is 4.98 Å². The van der Waals surface area contributed by atoms with E-state index in [0.29, 0.717) is 17.5 Å². The van der Waals surface area contributed by atoms with Crippen molar-refractivity contribution in [2.45, 2.75) is 20.0 Å². The zero-order valence-corrected chi connectivity index (χ0v) is 8.98. The highest BCUT2D eigenvalue weighted by Gasteiger charge is 2.14. The van der Waals surface area contributed by atoms with Crippen LogP contribution >= 0.6 is 0 Å². The predicted octanol–water partition coefficient (Wildman–Crippen LogP) is 2.66. The second kappa shape index (κ2) is 4.30. The van der Waals surface area contributed by atoms with Gasteiger partial charge >= 0.3 is 0 Å². The lowest BCUT2D eigenvalue weighted by atomic mass is 10.3. The van der Waals surface area contributed by atoms with Crippen molar-refractivity contribution in [3.8, 4) is 5.75 Å². The van der Waals surface area contributed by atoms with E-state index >= 15 is 0 Å². The van der Waals surface area contributed by atoms with Gasteiger partial charge < -0.3 is 9.26 Å². The SMILES string of the molecule is Cc1noc([C@H](C)Oc2cccc(F)c2)n1. The van der Waals surface area contributed by atoms with Gasteiger partial charge in [-0.3, -0.25) is 0 Å². The Hall–Kier alpha value is -1.91. The third-order valence-corrected chi connectivity index (χ3v) is 2.00. The van der Waals surface area contributed by atoms with Crippen molar-refractivity contribution >= 4 is 0 Å². The van der Waals surface area contributed by atoms with Crippen LogP contribution in [0.2, 0.25) is 0 Å². The number of benzene rings is 1. The first-order valence-corrected chi connectivity index (χ1v) is 4.87. The maximum Gasteiger partial charge on any atom is 0.267 e. The Morgan fingerprint density at radius 1 is 1.44 bits per heavy atom. The second-order valence-corrected chi connectivity index (χ2v) is 3.40. The van der Waals surface area contributed by atoms with Crippen molar-refractivity contribution in [1.82, 2.24) is 10.1 Å². The van der Waals surface area contributed by atoms with Crippen LogP contribution in [0.4, 0.5) is 4.39 Å². The zero-order valence-electron chi connectivity index (χ0n) is 8.98. The Bertz CT molecular complexity index is 484. The molecular weight excluding hydrogens is 211 g/mol. The van der Waals surface area contributed by atoms with Gasteiger partial charge in [0.15, 0.2) is 11.9 Å². The van der Waals surface area contributed by atoms with Gasteiger partial charge in [-0.25, -0.2) is 4.39 Å². The molecule has 0 bridgehead atoms. The van der Waals surface area contributed by atoms with Crippen LogP contribution in [-0.4, -0.2) is 10.1 Å². The van der Waals surface area contributed by atoms with Gasteiger partial charge in [-0.1, -0.05) is 11.2 Å². The third kappa shape index (κ3) is 2.36. The summed E-state index contributed by atoms with van der Waals surface area (Å²) in [5.41, 5.74) is 0. The van der Waals surface area contributed by atoms with Crippen molar-refractivity contribution in [3.63, 3.8) is 0 Å². The van der Waals surface area contributed by atoms with Crippen molar-refractivity contribution < 1.29 is 13.7 Å². The molecule has 0 aliphatic carbocycles. The van der Waals surface area contributed by atoms with Crippen molar-refractivity contribution in [2.24, 2.45) is 0 Å². The number of halogens is 1. The number of rotatable bonds is 3. The highest BCUT2D eigenvalue weighted by atomic mass is 19.1. The molecule has 1 aromatic heterocycles. The van der Waals surface area contributed by atoms with Gasteiger partial charge in [0.2, 0.25) is 0 Å². The Labute approximate surface area is 92.0 Å². The van der Waals surface area contributed by atoms with Crippen molar-refractivity contribution in [2.75, 3.05) is 0 Å². The summed E-state index contributed by atoms with van der Waals surface area (Å²) >= 11 is 0. The first-order chi connectivity index (χ1) is 7.65. The van der Waals surface area contributed by atoms with E-state index in [9.17, 15) is 4.39 Å². The molecule has 84 valence electrons. The van der Waals surface area contributed by atoms with Crippen LogP contribution in [0.3, 0.4) is 0 Å². The van der Waals surface area contributed by atoms with Crippen LogP contribution in [0.15, 0.2) is 28.8 Å². The lowest BCUT2D eigenvalue weighted by Gasteiger charge is -2.10. The normalized spacial score (nSPS) is 12.4. The van der Waals surface area contributed by atoms with Crippen LogP contribution in [0.1, 0.15) is 24.7 Å². The molecule has 0 N–H and O–H groups in total. The molecule has 0 amide bonds. The summed E-state index contributed by atoms with van der Waals surface area (Å²) in [5, 5.41) is 3.66. The maximum absolute atomic E-state index is 12.9. The fourth-order valence-corrected chi connectivity index (χ4v) is 1.27. The number of aromatic nitrogens is 2. The lowest BCUT2D eigenvalue weighted by molar-refractivity contribution is 0.175. The summed E-state index contributed by atoms with van der Waals surface area (Å²) in [5.74, 6) is 1.02. The number of aryl methyl sites for hydroxylation is 1. The summed E-state index contributed by atoms with van der Waals surface area (Å²) in [7, 11) is 0. The van der Waals surface area contributed by atoms with Crippen LogP contribution in [-0.2, 0) is 0 Å². The van der Waals surface area contributed by atoms with E-state index in [1.807, 2.05) is 0 Å². The average molecular weight is 222 g/mol. The minimum atomic E-state index is -0.400. The molecule has 5 heteroatoms. The van der Waals surface area contributed by atoms with E-state index in [0.717, 1.165) is 0 Å². The van der Waals surface area contributed by atoms with Crippen LogP contribution < -0.4 is 4.74 Å². The predicted molar refractivity (Wildman–Crippen MR) is 54.5 cm³/mol. The first-order valence-electron chi connectivity index (χ1n) is 4.87. The molecule has 0 unspecified atom stereocenters. The Kier molecular flexibility index (Phi) is 2.85. The molecular formula is C11H11FN2O2.